The number of hydrogen-bond acceptors (Lipinski definition) is 3. The lowest BCUT2D eigenvalue weighted by Gasteiger charge is -2.30. The Balaban J connectivity index is 1.95. The number of rotatable bonds is 2. The van der Waals surface area contributed by atoms with E-state index in [4.69, 9.17) is 28.9 Å². The first-order chi connectivity index (χ1) is 10.4. The molecule has 8 heteroatoms. The van der Waals surface area contributed by atoms with E-state index in [1.54, 1.807) is 6.07 Å². The maximum atomic E-state index is 12.1. The highest BCUT2D eigenvalue weighted by Crippen LogP contribution is 2.25. The van der Waals surface area contributed by atoms with E-state index in [1.165, 1.54) is 17.0 Å². The molecule has 2 rings (SSSR count). The van der Waals surface area contributed by atoms with E-state index in [1.807, 2.05) is 0 Å². The normalized spacial score (nSPS) is 15.5. The van der Waals surface area contributed by atoms with Gasteiger partial charge in [-0.1, -0.05) is 23.2 Å². The third kappa shape index (κ3) is 3.90. The molecule has 3 amide bonds. The highest BCUT2D eigenvalue weighted by atomic mass is 35.5. The van der Waals surface area contributed by atoms with Crippen LogP contribution < -0.4 is 11.1 Å². The number of carbonyl (C=O) groups excluding carboxylic acids is 3. The molecule has 0 aliphatic carbocycles. The first-order valence-corrected chi connectivity index (χ1v) is 7.48. The molecule has 0 bridgehead atoms. The SMILES string of the molecule is NC(=O)C1CCN(C(=O)C(=O)Nc2ccc(Cl)cc2Cl)CC1. The van der Waals surface area contributed by atoms with Gasteiger partial charge in [0.15, 0.2) is 0 Å². The predicted molar refractivity (Wildman–Crippen MR) is 83.6 cm³/mol. The van der Waals surface area contributed by atoms with E-state index in [-0.39, 0.29) is 16.8 Å². The number of nitrogens with two attached hydrogens (primary N) is 1. The van der Waals surface area contributed by atoms with Crippen LogP contribution in [-0.4, -0.2) is 35.7 Å². The number of carbonyl (C=O) groups is 3. The number of anilines is 1. The minimum atomic E-state index is -0.776. The smallest absolute Gasteiger partial charge is 0.313 e. The Kier molecular flexibility index (Phi) is 5.26. The Morgan fingerprint density at radius 1 is 1.18 bits per heavy atom. The molecule has 0 unspecified atom stereocenters. The van der Waals surface area contributed by atoms with Gasteiger partial charge in [0.1, 0.15) is 0 Å². The number of piperidine rings is 1. The van der Waals surface area contributed by atoms with E-state index >= 15 is 0 Å². The zero-order valence-electron chi connectivity index (χ0n) is 11.6. The minimum Gasteiger partial charge on any atom is -0.369 e. The van der Waals surface area contributed by atoms with Gasteiger partial charge in [0.05, 0.1) is 10.7 Å². The monoisotopic (exact) mass is 343 g/mol. The standard InChI is InChI=1S/C14H15Cl2N3O3/c15-9-1-2-11(10(16)7-9)18-13(21)14(22)19-5-3-8(4-6-19)12(17)20/h1-2,7-8H,3-6H2,(H2,17,20)(H,18,21). The van der Waals surface area contributed by atoms with Crippen molar-refractivity contribution in [1.82, 2.24) is 4.90 Å². The first-order valence-electron chi connectivity index (χ1n) is 6.73. The summed E-state index contributed by atoms with van der Waals surface area (Å²) in [6.07, 6.45) is 0.937. The summed E-state index contributed by atoms with van der Waals surface area (Å²) < 4.78 is 0. The molecule has 0 saturated carbocycles. The number of halogens is 2. The van der Waals surface area contributed by atoms with Gasteiger partial charge in [-0.25, -0.2) is 0 Å². The topological polar surface area (TPSA) is 92.5 Å². The van der Waals surface area contributed by atoms with Crippen molar-refractivity contribution in [3.63, 3.8) is 0 Å². The molecule has 22 heavy (non-hydrogen) atoms. The lowest BCUT2D eigenvalue weighted by molar-refractivity contribution is -0.144. The highest BCUT2D eigenvalue weighted by Gasteiger charge is 2.29. The molecule has 1 aliphatic heterocycles. The van der Waals surface area contributed by atoms with Crippen LogP contribution in [0.25, 0.3) is 0 Å². The van der Waals surface area contributed by atoms with Crippen LogP contribution in [0.15, 0.2) is 18.2 Å². The molecule has 1 aliphatic rings. The Bertz CT molecular complexity index is 613. The third-order valence-electron chi connectivity index (χ3n) is 3.56. The average Bonchev–Trinajstić information content (AvgIpc) is 2.49. The summed E-state index contributed by atoms with van der Waals surface area (Å²) in [5.74, 6) is -2.04. The largest absolute Gasteiger partial charge is 0.369 e. The molecule has 6 nitrogen and oxygen atoms in total. The Morgan fingerprint density at radius 2 is 1.82 bits per heavy atom. The van der Waals surface area contributed by atoms with Crippen molar-refractivity contribution in [3.05, 3.63) is 28.2 Å². The number of hydrogen-bond donors (Lipinski definition) is 2. The van der Waals surface area contributed by atoms with Gasteiger partial charge in [-0.05, 0) is 31.0 Å². The molecule has 0 aromatic heterocycles. The zero-order chi connectivity index (χ0) is 16.3. The van der Waals surface area contributed by atoms with Gasteiger partial charge in [0.25, 0.3) is 0 Å². The predicted octanol–water partition coefficient (Wildman–Crippen LogP) is 1.66. The second kappa shape index (κ2) is 6.98. The zero-order valence-corrected chi connectivity index (χ0v) is 13.2. The van der Waals surface area contributed by atoms with E-state index < -0.39 is 11.8 Å². The van der Waals surface area contributed by atoms with Crippen molar-refractivity contribution in [1.29, 1.82) is 0 Å². The molecule has 1 saturated heterocycles. The van der Waals surface area contributed by atoms with Crippen molar-refractivity contribution in [2.75, 3.05) is 18.4 Å². The molecular weight excluding hydrogens is 329 g/mol. The van der Waals surface area contributed by atoms with Crippen LogP contribution >= 0.6 is 23.2 Å². The molecule has 1 aromatic carbocycles. The van der Waals surface area contributed by atoms with Crippen molar-refractivity contribution in [2.24, 2.45) is 11.7 Å². The Morgan fingerprint density at radius 3 is 2.36 bits per heavy atom. The van der Waals surface area contributed by atoms with E-state index in [0.717, 1.165) is 0 Å². The summed E-state index contributed by atoms with van der Waals surface area (Å²) in [5, 5.41) is 3.14. The average molecular weight is 344 g/mol. The second-order valence-electron chi connectivity index (χ2n) is 5.05. The van der Waals surface area contributed by atoms with Crippen molar-refractivity contribution >= 4 is 46.6 Å². The fourth-order valence-electron chi connectivity index (χ4n) is 2.28. The summed E-state index contributed by atoms with van der Waals surface area (Å²) >= 11 is 11.7. The van der Waals surface area contributed by atoms with E-state index in [2.05, 4.69) is 5.32 Å². The van der Waals surface area contributed by atoms with E-state index in [0.29, 0.717) is 36.6 Å². The quantitative estimate of drug-likeness (QED) is 0.799. The van der Waals surface area contributed by atoms with Crippen molar-refractivity contribution in [3.8, 4) is 0 Å². The molecular formula is C14H15Cl2N3O3. The van der Waals surface area contributed by atoms with Gasteiger partial charge in [0.2, 0.25) is 5.91 Å². The molecule has 3 N–H and O–H groups in total. The fourth-order valence-corrected chi connectivity index (χ4v) is 2.73. The summed E-state index contributed by atoms with van der Waals surface area (Å²) in [4.78, 5) is 36.6. The van der Waals surface area contributed by atoms with Crippen molar-refractivity contribution in [2.45, 2.75) is 12.8 Å². The minimum absolute atomic E-state index is 0.238. The number of amides is 3. The molecule has 118 valence electrons. The number of likely N-dealkylation sites (tertiary alicyclic amines) is 1. The number of primary amides is 1. The molecule has 0 radical (unpaired) electrons. The van der Waals surface area contributed by atoms with Crippen LogP contribution in [0.2, 0.25) is 10.0 Å². The van der Waals surface area contributed by atoms with Crippen LogP contribution in [-0.2, 0) is 14.4 Å². The van der Waals surface area contributed by atoms with Gasteiger partial charge in [-0.15, -0.1) is 0 Å². The molecule has 0 spiro atoms. The van der Waals surface area contributed by atoms with Crippen molar-refractivity contribution < 1.29 is 14.4 Å². The Labute approximate surface area is 137 Å². The Hall–Kier alpha value is -1.79. The van der Waals surface area contributed by atoms with Crippen LogP contribution in [0, 0.1) is 5.92 Å². The maximum Gasteiger partial charge on any atom is 0.313 e. The highest BCUT2D eigenvalue weighted by molar-refractivity contribution is 6.42. The molecule has 1 heterocycles. The van der Waals surface area contributed by atoms with Gasteiger partial charge >= 0.3 is 11.8 Å². The summed E-state index contributed by atoms with van der Waals surface area (Å²) in [6, 6.07) is 4.56. The van der Waals surface area contributed by atoms with Crippen LogP contribution in [0.4, 0.5) is 5.69 Å². The van der Waals surface area contributed by atoms with Gasteiger partial charge in [0, 0.05) is 24.0 Å². The maximum absolute atomic E-state index is 12.1. The van der Waals surface area contributed by atoms with E-state index in [9.17, 15) is 14.4 Å². The lowest BCUT2D eigenvalue weighted by Crippen LogP contribution is -2.46. The van der Waals surface area contributed by atoms with Gasteiger partial charge < -0.3 is 16.0 Å². The summed E-state index contributed by atoms with van der Waals surface area (Å²) in [6.45, 7) is 0.655. The number of benzene rings is 1. The molecule has 1 aromatic rings. The van der Waals surface area contributed by atoms with Crippen LogP contribution in [0.5, 0.6) is 0 Å². The van der Waals surface area contributed by atoms with Gasteiger partial charge in [-0.2, -0.15) is 0 Å². The summed E-state index contributed by atoms with van der Waals surface area (Å²) in [5.41, 5.74) is 5.55. The fraction of sp³-hybridized carbons (Fsp3) is 0.357. The second-order valence-corrected chi connectivity index (χ2v) is 5.89. The molecule has 1 fully saturated rings. The lowest BCUT2D eigenvalue weighted by atomic mass is 9.96. The van der Waals surface area contributed by atoms with Crippen LogP contribution in [0.3, 0.4) is 0 Å². The number of nitrogens with zero attached hydrogens (tertiary/aromatic N) is 1. The van der Waals surface area contributed by atoms with Gasteiger partial charge in [-0.3, -0.25) is 14.4 Å². The van der Waals surface area contributed by atoms with Crippen LogP contribution in [0.1, 0.15) is 12.8 Å². The first kappa shape index (κ1) is 16.6. The molecule has 0 atom stereocenters. The number of nitrogens with one attached hydrogen (secondary N) is 1. The summed E-state index contributed by atoms with van der Waals surface area (Å²) in [7, 11) is 0. The third-order valence-corrected chi connectivity index (χ3v) is 4.11.